The topological polar surface area (TPSA) is 83.6 Å². The lowest BCUT2D eigenvalue weighted by Crippen LogP contribution is -2.39. The summed E-state index contributed by atoms with van der Waals surface area (Å²) in [4.78, 5) is 2.13. The third-order valence-corrected chi connectivity index (χ3v) is 5.15. The second kappa shape index (κ2) is 7.07. The van der Waals surface area contributed by atoms with E-state index < -0.39 is 16.1 Å². The number of sulfonamides is 1. The zero-order valence-electron chi connectivity index (χ0n) is 11.8. The Labute approximate surface area is 130 Å². The first-order valence-corrected chi connectivity index (χ1v) is 9.10. The Kier molecular flexibility index (Phi) is 5.62. The minimum atomic E-state index is -3.40. The van der Waals surface area contributed by atoms with Crippen LogP contribution >= 0.6 is 11.6 Å². The molecule has 1 aliphatic heterocycles. The molecule has 1 aromatic carbocycles. The quantitative estimate of drug-likeness (QED) is 0.853. The third-order valence-electron chi connectivity index (χ3n) is 3.87. The fraction of sp³-hybridized carbons (Fsp3) is 0.571. The maximum atomic E-state index is 11.1. The summed E-state index contributed by atoms with van der Waals surface area (Å²) in [6, 6.07) is 7.26. The minimum absolute atomic E-state index is 0.0495. The number of rotatable bonds is 5. The molecule has 0 aliphatic carbocycles. The summed E-state index contributed by atoms with van der Waals surface area (Å²) in [5.74, 6) is 0.169. The van der Waals surface area contributed by atoms with Crippen molar-refractivity contribution in [1.29, 1.82) is 0 Å². The molecule has 1 atom stereocenters. The van der Waals surface area contributed by atoms with Crippen molar-refractivity contribution in [3.8, 4) is 0 Å². The van der Waals surface area contributed by atoms with E-state index in [0.717, 1.165) is 31.5 Å². The van der Waals surface area contributed by atoms with Gasteiger partial charge in [-0.2, -0.15) is 0 Å². The summed E-state index contributed by atoms with van der Waals surface area (Å²) in [6.07, 6.45) is 0.936. The lowest BCUT2D eigenvalue weighted by molar-refractivity contribution is 0.0920. The molecule has 3 N–H and O–H groups in total. The number of hydrogen-bond acceptors (Lipinski definition) is 4. The first kappa shape index (κ1) is 16.7. The number of nitrogens with zero attached hydrogens (tertiary/aromatic N) is 1. The Morgan fingerprint density at radius 3 is 2.52 bits per heavy atom. The molecule has 1 saturated heterocycles. The number of hydrogen-bond donors (Lipinski definition) is 2. The van der Waals surface area contributed by atoms with E-state index in [4.69, 9.17) is 16.7 Å². The van der Waals surface area contributed by atoms with Gasteiger partial charge >= 0.3 is 0 Å². The van der Waals surface area contributed by atoms with Gasteiger partial charge < -0.3 is 10.0 Å². The molecule has 0 amide bonds. The molecule has 0 bridgehead atoms. The predicted molar refractivity (Wildman–Crippen MR) is 83.6 cm³/mol. The molecule has 0 spiro atoms. The Hall–Kier alpha value is -0.660. The second-order valence-electron chi connectivity index (χ2n) is 5.61. The minimum Gasteiger partial charge on any atom is -0.387 e. The molecular weight excluding hydrogens is 312 g/mol. The van der Waals surface area contributed by atoms with Crippen molar-refractivity contribution < 1.29 is 13.5 Å². The number of piperidine rings is 1. The van der Waals surface area contributed by atoms with Crippen LogP contribution in [0.15, 0.2) is 24.3 Å². The van der Waals surface area contributed by atoms with Gasteiger partial charge in [0.2, 0.25) is 10.0 Å². The number of primary sulfonamides is 1. The Balaban J connectivity index is 1.85. The van der Waals surface area contributed by atoms with Gasteiger partial charge in [-0.25, -0.2) is 13.6 Å². The average Bonchev–Trinajstić information content (AvgIpc) is 2.40. The van der Waals surface area contributed by atoms with Crippen molar-refractivity contribution in [2.24, 2.45) is 11.1 Å². The van der Waals surface area contributed by atoms with E-state index in [0.29, 0.717) is 11.6 Å². The zero-order chi connectivity index (χ0) is 15.5. The van der Waals surface area contributed by atoms with Crippen molar-refractivity contribution in [3.63, 3.8) is 0 Å². The Morgan fingerprint density at radius 2 is 1.95 bits per heavy atom. The molecule has 2 rings (SSSR count). The highest BCUT2D eigenvalue weighted by Crippen LogP contribution is 2.25. The smallest absolute Gasteiger partial charge is 0.209 e. The normalized spacial score (nSPS) is 19.6. The molecule has 21 heavy (non-hydrogen) atoms. The van der Waals surface area contributed by atoms with Gasteiger partial charge in [0.15, 0.2) is 0 Å². The number of aliphatic hydroxyl groups is 1. The lowest BCUT2D eigenvalue weighted by Gasteiger charge is -2.33. The number of aliphatic hydroxyl groups excluding tert-OH is 1. The van der Waals surface area contributed by atoms with Gasteiger partial charge in [0.25, 0.3) is 0 Å². The van der Waals surface area contributed by atoms with Crippen LogP contribution in [-0.4, -0.2) is 43.8 Å². The molecular formula is C14H21ClN2O3S. The monoisotopic (exact) mass is 332 g/mol. The van der Waals surface area contributed by atoms with E-state index in [9.17, 15) is 13.5 Å². The van der Waals surface area contributed by atoms with Crippen LogP contribution in [0.3, 0.4) is 0 Å². The van der Waals surface area contributed by atoms with Crippen molar-refractivity contribution >= 4 is 21.6 Å². The van der Waals surface area contributed by atoms with Crippen LogP contribution in [0, 0.1) is 5.92 Å². The van der Waals surface area contributed by atoms with Crippen LogP contribution in [0.2, 0.25) is 5.02 Å². The summed E-state index contributed by atoms with van der Waals surface area (Å²) in [5, 5.41) is 15.9. The van der Waals surface area contributed by atoms with Crippen LogP contribution < -0.4 is 5.14 Å². The summed E-state index contributed by atoms with van der Waals surface area (Å²) in [6.45, 7) is 2.04. The van der Waals surface area contributed by atoms with Gasteiger partial charge in [-0.1, -0.05) is 29.8 Å². The van der Waals surface area contributed by atoms with E-state index >= 15 is 0 Å². The van der Waals surface area contributed by atoms with Crippen LogP contribution in [0.1, 0.15) is 24.5 Å². The van der Waals surface area contributed by atoms with E-state index in [1.807, 2.05) is 18.2 Å². The van der Waals surface area contributed by atoms with Gasteiger partial charge in [0, 0.05) is 17.1 Å². The van der Waals surface area contributed by atoms with Crippen LogP contribution in [-0.2, 0) is 10.0 Å². The van der Waals surface area contributed by atoms with Gasteiger partial charge in [0.05, 0.1) is 11.9 Å². The van der Waals surface area contributed by atoms with Gasteiger partial charge in [-0.15, -0.1) is 0 Å². The maximum absolute atomic E-state index is 11.1. The molecule has 7 heteroatoms. The van der Waals surface area contributed by atoms with E-state index in [-0.39, 0.29) is 11.7 Å². The second-order valence-corrected chi connectivity index (χ2v) is 7.68. The largest absolute Gasteiger partial charge is 0.387 e. The first-order chi connectivity index (χ1) is 9.85. The number of β-amino-alcohol motifs (C(OH)–C–C–N with tert-alkyl or cyclic N) is 1. The molecule has 1 fully saturated rings. The molecule has 1 aliphatic rings. The molecule has 0 radical (unpaired) electrons. The summed E-state index contributed by atoms with van der Waals surface area (Å²) >= 11 is 6.07. The highest BCUT2D eigenvalue weighted by molar-refractivity contribution is 7.89. The fourth-order valence-electron chi connectivity index (χ4n) is 2.75. The average molecular weight is 333 g/mol. The molecule has 0 aromatic heterocycles. The molecule has 1 heterocycles. The Morgan fingerprint density at radius 1 is 1.33 bits per heavy atom. The zero-order valence-corrected chi connectivity index (χ0v) is 13.4. The van der Waals surface area contributed by atoms with Crippen LogP contribution in [0.5, 0.6) is 0 Å². The lowest BCUT2D eigenvalue weighted by atomic mass is 9.98. The number of halogens is 1. The van der Waals surface area contributed by atoms with Crippen molar-refractivity contribution in [1.82, 2.24) is 4.90 Å². The molecule has 5 nitrogen and oxygen atoms in total. The number of nitrogens with two attached hydrogens (primary N) is 1. The fourth-order valence-corrected chi connectivity index (χ4v) is 4.00. The molecule has 1 unspecified atom stereocenters. The van der Waals surface area contributed by atoms with Crippen molar-refractivity contribution in [2.75, 3.05) is 25.4 Å². The number of benzene rings is 1. The van der Waals surface area contributed by atoms with E-state index in [1.54, 1.807) is 6.07 Å². The molecule has 1 aromatic rings. The van der Waals surface area contributed by atoms with Gasteiger partial charge in [0.1, 0.15) is 0 Å². The molecule has 0 saturated carbocycles. The first-order valence-electron chi connectivity index (χ1n) is 7.00. The molecule has 118 valence electrons. The van der Waals surface area contributed by atoms with Crippen molar-refractivity contribution in [3.05, 3.63) is 34.9 Å². The SMILES string of the molecule is NS(=O)(=O)CC1CCN(CC(O)c2ccccc2Cl)CC1. The van der Waals surface area contributed by atoms with Crippen LogP contribution in [0.4, 0.5) is 0 Å². The number of likely N-dealkylation sites (tertiary alicyclic amines) is 1. The van der Waals surface area contributed by atoms with E-state index in [2.05, 4.69) is 4.90 Å². The highest BCUT2D eigenvalue weighted by Gasteiger charge is 2.24. The maximum Gasteiger partial charge on any atom is 0.209 e. The predicted octanol–water partition coefficient (Wildman–Crippen LogP) is 1.37. The summed E-state index contributed by atoms with van der Waals surface area (Å²) in [7, 11) is -3.40. The van der Waals surface area contributed by atoms with E-state index in [1.165, 1.54) is 0 Å². The Bertz CT molecular complexity index is 571. The van der Waals surface area contributed by atoms with Crippen molar-refractivity contribution in [2.45, 2.75) is 18.9 Å². The summed E-state index contributed by atoms with van der Waals surface area (Å²) < 4.78 is 22.2. The van der Waals surface area contributed by atoms with Crippen LogP contribution in [0.25, 0.3) is 0 Å². The van der Waals surface area contributed by atoms with Gasteiger partial charge in [-0.3, -0.25) is 0 Å². The summed E-state index contributed by atoms with van der Waals surface area (Å²) in [5.41, 5.74) is 0.728. The standard InChI is InChI=1S/C14H21ClN2O3S/c15-13-4-2-1-3-12(13)14(18)9-17-7-5-11(6-8-17)10-21(16,19)20/h1-4,11,14,18H,5-10H2,(H2,16,19,20). The highest BCUT2D eigenvalue weighted by atomic mass is 35.5. The third kappa shape index (κ3) is 5.23. The van der Waals surface area contributed by atoms with Gasteiger partial charge in [-0.05, 0) is 37.9 Å².